The van der Waals surface area contributed by atoms with Crippen LogP contribution in [0.15, 0.2) is 30.3 Å². The first kappa shape index (κ1) is 14.4. The van der Waals surface area contributed by atoms with Crippen molar-refractivity contribution in [2.45, 2.75) is 31.0 Å². The number of carbonyl (C=O) groups excluding carboxylic acids is 1. The van der Waals surface area contributed by atoms with Crippen LogP contribution in [-0.4, -0.2) is 40.4 Å². The van der Waals surface area contributed by atoms with E-state index in [0.29, 0.717) is 19.0 Å². The first-order chi connectivity index (χ1) is 9.08. The van der Waals surface area contributed by atoms with E-state index in [4.69, 9.17) is 0 Å². The number of thioether (sulfide) groups is 1. The van der Waals surface area contributed by atoms with Crippen LogP contribution in [-0.2, 0) is 10.5 Å². The third kappa shape index (κ3) is 3.74. The Kier molecular flexibility index (Phi) is 4.88. The van der Waals surface area contributed by atoms with E-state index in [-0.39, 0.29) is 17.3 Å². The molecule has 1 saturated heterocycles. The number of rotatable bonds is 5. The van der Waals surface area contributed by atoms with Gasteiger partial charge >= 0.3 is 0 Å². The van der Waals surface area contributed by atoms with Crippen LogP contribution in [0.3, 0.4) is 0 Å². The first-order valence-electron chi connectivity index (χ1n) is 6.70. The van der Waals surface area contributed by atoms with Gasteiger partial charge in [-0.2, -0.15) is 0 Å². The highest BCUT2D eigenvalue weighted by molar-refractivity contribution is 7.99. The molecule has 0 aromatic heterocycles. The number of amides is 1. The number of hydrogen-bond acceptors (Lipinski definition) is 3. The zero-order valence-electron chi connectivity index (χ0n) is 11.5. The maximum atomic E-state index is 12.3. The molecule has 1 amide bonds. The minimum absolute atomic E-state index is 0.0206. The van der Waals surface area contributed by atoms with E-state index in [1.54, 1.807) is 16.7 Å². The van der Waals surface area contributed by atoms with Gasteiger partial charge in [0.1, 0.15) is 0 Å². The highest BCUT2D eigenvalue weighted by Gasteiger charge is 2.34. The van der Waals surface area contributed by atoms with E-state index in [9.17, 15) is 9.90 Å². The number of aliphatic hydroxyl groups excluding tert-OH is 1. The molecule has 0 bridgehead atoms. The molecule has 0 aliphatic carbocycles. The van der Waals surface area contributed by atoms with Crippen LogP contribution in [0.1, 0.15) is 19.4 Å². The van der Waals surface area contributed by atoms with Crippen molar-refractivity contribution in [1.29, 1.82) is 0 Å². The summed E-state index contributed by atoms with van der Waals surface area (Å²) in [5, 5.41) is 9.27. The fourth-order valence-electron chi connectivity index (χ4n) is 2.12. The molecular weight excluding hydrogens is 258 g/mol. The van der Waals surface area contributed by atoms with Crippen LogP contribution in [0.4, 0.5) is 0 Å². The molecule has 0 spiro atoms. The molecule has 1 aliphatic heterocycles. The average Bonchev–Trinajstić information content (AvgIpc) is 2.36. The molecule has 0 radical (unpaired) electrons. The van der Waals surface area contributed by atoms with Crippen molar-refractivity contribution in [1.82, 2.24) is 4.90 Å². The molecule has 104 valence electrons. The Balaban J connectivity index is 1.91. The van der Waals surface area contributed by atoms with Crippen molar-refractivity contribution in [3.63, 3.8) is 0 Å². The van der Waals surface area contributed by atoms with E-state index < -0.39 is 0 Å². The number of aliphatic hydroxyl groups is 1. The number of nitrogens with zero attached hydrogens (tertiary/aromatic N) is 1. The van der Waals surface area contributed by atoms with Crippen LogP contribution >= 0.6 is 11.8 Å². The number of benzene rings is 1. The standard InChI is InChI=1S/C15H21NO2S/c1-11(2)14(15(18)16-8-13(17)9-16)19-10-12-6-4-3-5-7-12/h3-7,11,13-14,17H,8-10H2,1-2H3. The van der Waals surface area contributed by atoms with E-state index in [0.717, 1.165) is 5.75 Å². The van der Waals surface area contributed by atoms with Gasteiger partial charge in [-0.25, -0.2) is 0 Å². The van der Waals surface area contributed by atoms with Crippen LogP contribution in [0.5, 0.6) is 0 Å². The Morgan fingerprint density at radius 1 is 1.37 bits per heavy atom. The fraction of sp³-hybridized carbons (Fsp3) is 0.533. The van der Waals surface area contributed by atoms with Crippen molar-refractivity contribution >= 4 is 17.7 Å². The monoisotopic (exact) mass is 279 g/mol. The van der Waals surface area contributed by atoms with Crippen molar-refractivity contribution in [2.24, 2.45) is 5.92 Å². The highest BCUT2D eigenvalue weighted by Crippen LogP contribution is 2.27. The molecule has 3 nitrogen and oxygen atoms in total. The summed E-state index contributed by atoms with van der Waals surface area (Å²) in [6.07, 6.45) is -0.323. The van der Waals surface area contributed by atoms with Gasteiger partial charge in [-0.05, 0) is 11.5 Å². The van der Waals surface area contributed by atoms with E-state index in [1.807, 2.05) is 18.2 Å². The Labute approximate surface area is 119 Å². The van der Waals surface area contributed by atoms with Crippen molar-refractivity contribution in [2.75, 3.05) is 13.1 Å². The Morgan fingerprint density at radius 2 is 2.00 bits per heavy atom. The maximum Gasteiger partial charge on any atom is 0.236 e. The molecule has 1 unspecified atom stereocenters. The predicted molar refractivity (Wildman–Crippen MR) is 78.9 cm³/mol. The average molecular weight is 279 g/mol. The Bertz CT molecular complexity index is 415. The number of likely N-dealkylation sites (tertiary alicyclic amines) is 1. The largest absolute Gasteiger partial charge is 0.389 e. The molecule has 1 atom stereocenters. The van der Waals surface area contributed by atoms with Gasteiger partial charge in [0.15, 0.2) is 0 Å². The van der Waals surface area contributed by atoms with E-state index >= 15 is 0 Å². The molecule has 2 rings (SSSR count). The summed E-state index contributed by atoms with van der Waals surface area (Å²) in [6.45, 7) is 5.15. The lowest BCUT2D eigenvalue weighted by Crippen LogP contribution is -2.56. The van der Waals surface area contributed by atoms with Crippen LogP contribution in [0.2, 0.25) is 0 Å². The minimum atomic E-state index is -0.323. The van der Waals surface area contributed by atoms with Gasteiger partial charge in [-0.3, -0.25) is 4.79 Å². The molecule has 1 heterocycles. The maximum absolute atomic E-state index is 12.3. The lowest BCUT2D eigenvalue weighted by Gasteiger charge is -2.38. The van der Waals surface area contributed by atoms with E-state index in [2.05, 4.69) is 26.0 Å². The third-order valence-electron chi connectivity index (χ3n) is 3.30. The molecule has 1 aromatic carbocycles. The van der Waals surface area contributed by atoms with Gasteiger partial charge < -0.3 is 10.0 Å². The van der Waals surface area contributed by atoms with Gasteiger partial charge in [0.2, 0.25) is 5.91 Å². The van der Waals surface area contributed by atoms with Crippen LogP contribution in [0.25, 0.3) is 0 Å². The highest BCUT2D eigenvalue weighted by atomic mass is 32.2. The van der Waals surface area contributed by atoms with Gasteiger partial charge in [-0.15, -0.1) is 11.8 Å². The smallest absolute Gasteiger partial charge is 0.236 e. The molecule has 1 aromatic rings. The molecule has 1 N–H and O–H groups in total. The summed E-state index contributed by atoms with van der Waals surface area (Å²) in [5.41, 5.74) is 1.24. The molecule has 1 aliphatic rings. The molecule has 1 fully saturated rings. The zero-order valence-corrected chi connectivity index (χ0v) is 12.3. The second-order valence-corrected chi connectivity index (χ2v) is 6.49. The van der Waals surface area contributed by atoms with Gasteiger partial charge in [0, 0.05) is 18.8 Å². The molecule has 19 heavy (non-hydrogen) atoms. The van der Waals surface area contributed by atoms with Crippen molar-refractivity contribution in [3.8, 4) is 0 Å². The van der Waals surface area contributed by atoms with Gasteiger partial charge in [0.25, 0.3) is 0 Å². The second-order valence-electron chi connectivity index (χ2n) is 5.36. The predicted octanol–water partition coefficient (Wildman–Crippen LogP) is 2.15. The van der Waals surface area contributed by atoms with Gasteiger partial charge in [-0.1, -0.05) is 44.2 Å². The quantitative estimate of drug-likeness (QED) is 0.898. The zero-order chi connectivity index (χ0) is 13.8. The van der Waals surface area contributed by atoms with E-state index in [1.165, 1.54) is 5.56 Å². The fourth-order valence-corrected chi connectivity index (χ4v) is 3.37. The summed E-state index contributed by atoms with van der Waals surface area (Å²) in [5.74, 6) is 1.33. The SMILES string of the molecule is CC(C)C(SCc1ccccc1)C(=O)N1CC(O)C1. The number of hydrogen-bond donors (Lipinski definition) is 1. The lowest BCUT2D eigenvalue weighted by atomic mass is 10.1. The minimum Gasteiger partial charge on any atom is -0.389 e. The Hall–Kier alpha value is -1.00. The molecule has 4 heteroatoms. The summed E-state index contributed by atoms with van der Waals surface area (Å²) >= 11 is 1.70. The second kappa shape index (κ2) is 6.44. The summed E-state index contributed by atoms with van der Waals surface area (Å²) in [7, 11) is 0. The van der Waals surface area contributed by atoms with Gasteiger partial charge in [0.05, 0.1) is 11.4 Å². The van der Waals surface area contributed by atoms with Crippen molar-refractivity contribution < 1.29 is 9.90 Å². The number of carbonyl (C=O) groups is 1. The normalized spacial score (nSPS) is 17.4. The molecule has 0 saturated carbocycles. The van der Waals surface area contributed by atoms with Crippen LogP contribution in [0, 0.1) is 5.92 Å². The third-order valence-corrected chi connectivity index (χ3v) is 4.90. The summed E-state index contributed by atoms with van der Waals surface area (Å²) in [6, 6.07) is 10.2. The number of β-amino-alcohol motifs (C(OH)–C–C–N with tert-alkyl or cyclic N) is 1. The summed E-state index contributed by atoms with van der Waals surface area (Å²) < 4.78 is 0. The van der Waals surface area contributed by atoms with Crippen molar-refractivity contribution in [3.05, 3.63) is 35.9 Å². The first-order valence-corrected chi connectivity index (χ1v) is 7.75. The topological polar surface area (TPSA) is 40.5 Å². The lowest BCUT2D eigenvalue weighted by molar-refractivity contribution is -0.141. The molecular formula is C15H21NO2S. The Morgan fingerprint density at radius 3 is 2.53 bits per heavy atom. The summed E-state index contributed by atoms with van der Waals surface area (Å²) in [4.78, 5) is 14.1. The van der Waals surface area contributed by atoms with Crippen LogP contribution < -0.4 is 0 Å².